The molecule has 21 nitrogen and oxygen atoms in total. The Balaban J connectivity index is 3.06. The third-order valence-corrected chi connectivity index (χ3v) is 10.6. The molecule has 0 saturated carbocycles. The van der Waals surface area contributed by atoms with Gasteiger partial charge in [0.1, 0.15) is 42.3 Å². The van der Waals surface area contributed by atoms with Crippen LogP contribution in [0.4, 0.5) is 0 Å². The van der Waals surface area contributed by atoms with Crippen LogP contribution in [-0.2, 0) is 43.2 Å². The molecule has 1 heterocycles. The van der Waals surface area contributed by atoms with Gasteiger partial charge in [-0.05, 0) is 109 Å². The van der Waals surface area contributed by atoms with Crippen LogP contribution in [0.2, 0.25) is 0 Å². The molecule has 8 atom stereocenters. The van der Waals surface area contributed by atoms with Crippen LogP contribution in [0.15, 0.2) is 0 Å². The maximum absolute atomic E-state index is 13.5. The summed E-state index contributed by atoms with van der Waals surface area (Å²) in [4.78, 5) is 118. The number of nitrogens with zero attached hydrogens (tertiary/aromatic N) is 1. The van der Waals surface area contributed by atoms with Gasteiger partial charge < -0.3 is 64.2 Å². The first-order chi connectivity index (χ1) is 28.3. The second-order valence-electron chi connectivity index (χ2n) is 15.3. The van der Waals surface area contributed by atoms with E-state index in [0.29, 0.717) is 57.4 Å². The SMILES string of the molecule is CSCC[C@H](NC(=O)[C@H](C)NC(=O)[C@H](CCC(=O)O)NC(=O)[C@H](CCCCN)NC(=O)[C@@H](N)C(C)C)C(=O)N[C@@H](C)C(=O)N1CCC[C@H]1C(=O)N[C@@H](CCCCN)C(=O)O. The van der Waals surface area contributed by atoms with Crippen molar-refractivity contribution in [3.8, 4) is 0 Å². The van der Waals surface area contributed by atoms with E-state index in [2.05, 4.69) is 31.9 Å². The molecule has 0 spiro atoms. The maximum atomic E-state index is 13.5. The van der Waals surface area contributed by atoms with Crippen LogP contribution in [0, 0.1) is 5.92 Å². The Hall–Kier alpha value is -4.54. The smallest absolute Gasteiger partial charge is 0.326 e. The molecule has 1 rings (SSSR count). The molecule has 1 fully saturated rings. The lowest BCUT2D eigenvalue weighted by Gasteiger charge is -2.29. The highest BCUT2D eigenvalue weighted by atomic mass is 32.2. The van der Waals surface area contributed by atoms with E-state index in [0.717, 1.165) is 0 Å². The third kappa shape index (κ3) is 18.8. The first-order valence-electron chi connectivity index (χ1n) is 20.5. The van der Waals surface area contributed by atoms with Crippen LogP contribution in [0.25, 0.3) is 0 Å². The molecule has 60 heavy (non-hydrogen) atoms. The van der Waals surface area contributed by atoms with Crippen molar-refractivity contribution in [3.05, 3.63) is 0 Å². The van der Waals surface area contributed by atoms with Crippen molar-refractivity contribution in [1.29, 1.82) is 0 Å². The molecule has 0 aromatic rings. The number of likely N-dealkylation sites (tertiary alicyclic amines) is 1. The Kier molecular flexibility index (Phi) is 25.0. The van der Waals surface area contributed by atoms with Gasteiger partial charge in [-0.2, -0.15) is 11.8 Å². The number of unbranched alkanes of at least 4 members (excludes halogenated alkanes) is 2. The van der Waals surface area contributed by atoms with Crippen molar-refractivity contribution in [2.45, 2.75) is 147 Å². The number of aliphatic carboxylic acids is 2. The van der Waals surface area contributed by atoms with E-state index >= 15 is 0 Å². The average Bonchev–Trinajstić information content (AvgIpc) is 3.69. The highest BCUT2D eigenvalue weighted by Gasteiger charge is 2.38. The lowest BCUT2D eigenvalue weighted by Crippen LogP contribution is -2.59. The van der Waals surface area contributed by atoms with E-state index < -0.39 is 108 Å². The van der Waals surface area contributed by atoms with E-state index in [1.807, 2.05) is 0 Å². The predicted octanol–water partition coefficient (Wildman–Crippen LogP) is -2.13. The zero-order valence-electron chi connectivity index (χ0n) is 35.5. The van der Waals surface area contributed by atoms with Gasteiger partial charge in [-0.25, -0.2) is 4.79 Å². The highest BCUT2D eigenvalue weighted by molar-refractivity contribution is 7.98. The van der Waals surface area contributed by atoms with Gasteiger partial charge in [0.15, 0.2) is 0 Å². The number of nitrogens with one attached hydrogen (secondary N) is 6. The van der Waals surface area contributed by atoms with Gasteiger partial charge in [0.05, 0.1) is 6.04 Å². The van der Waals surface area contributed by atoms with Crippen molar-refractivity contribution >= 4 is 65.1 Å². The van der Waals surface area contributed by atoms with Gasteiger partial charge in [0.25, 0.3) is 0 Å². The molecule has 0 unspecified atom stereocenters. The molecule has 22 heteroatoms. The molecule has 1 saturated heterocycles. The monoisotopic (exact) mass is 872 g/mol. The first-order valence-corrected chi connectivity index (χ1v) is 21.9. The first kappa shape index (κ1) is 53.5. The molecule has 1 aliphatic heterocycles. The Morgan fingerprint density at radius 1 is 0.650 bits per heavy atom. The molecule has 1 aliphatic rings. The molecule has 0 aliphatic carbocycles. The Labute approximate surface area is 355 Å². The number of amides is 7. The minimum Gasteiger partial charge on any atom is -0.481 e. The van der Waals surface area contributed by atoms with Gasteiger partial charge in [-0.1, -0.05) is 13.8 Å². The second kappa shape index (κ2) is 28.1. The van der Waals surface area contributed by atoms with Crippen LogP contribution >= 0.6 is 11.8 Å². The fraction of sp³-hybridized carbons (Fsp3) is 0.763. The molecular weight excluding hydrogens is 805 g/mol. The summed E-state index contributed by atoms with van der Waals surface area (Å²) >= 11 is 1.39. The Bertz CT molecular complexity index is 1470. The normalized spacial score (nSPS) is 17.2. The number of hydrogen-bond acceptors (Lipinski definition) is 13. The number of carbonyl (C=O) groups excluding carboxylic acids is 7. The van der Waals surface area contributed by atoms with Gasteiger partial charge in [-0.15, -0.1) is 0 Å². The molecule has 0 aromatic carbocycles. The lowest BCUT2D eigenvalue weighted by molar-refractivity contribution is -0.145. The minimum absolute atomic E-state index is 0.130. The standard InChI is InChI=1S/C38H68N10O11S/c1-21(2)30(41)36(56)46-24(11-6-8-17-39)34(54)45-25(14-15-29(49)50)32(52)42-22(3)31(51)44-26(16-20-60-5)33(53)43-23(4)37(57)48-19-10-13-28(48)35(55)47-27(38(58)59)12-7-9-18-40/h21-28,30H,6-20,39-41H2,1-5H3,(H,42,52)(H,43,53)(H,44,51)(H,45,54)(H,46,56)(H,47,55)(H,49,50)(H,58,59)/t22-,23-,24-,25-,26-,27-,28-,30-/m0/s1. The van der Waals surface area contributed by atoms with Crippen LogP contribution in [0.5, 0.6) is 0 Å². The summed E-state index contributed by atoms with van der Waals surface area (Å²) in [6.45, 7) is 7.14. The number of carboxylic acids is 2. The molecule has 14 N–H and O–H groups in total. The second-order valence-corrected chi connectivity index (χ2v) is 16.3. The average molecular weight is 873 g/mol. The largest absolute Gasteiger partial charge is 0.481 e. The summed E-state index contributed by atoms with van der Waals surface area (Å²) in [5.74, 6) is -7.22. The lowest BCUT2D eigenvalue weighted by atomic mass is 10.0. The van der Waals surface area contributed by atoms with E-state index in [9.17, 15) is 53.4 Å². The number of thioether (sulfide) groups is 1. The zero-order valence-corrected chi connectivity index (χ0v) is 36.3. The summed E-state index contributed by atoms with van der Waals surface area (Å²) in [6, 6.07) is -9.16. The summed E-state index contributed by atoms with van der Waals surface area (Å²) in [5, 5.41) is 34.2. The summed E-state index contributed by atoms with van der Waals surface area (Å²) < 4.78 is 0. The molecule has 0 radical (unpaired) electrons. The molecule has 342 valence electrons. The molecule has 0 aromatic heterocycles. The van der Waals surface area contributed by atoms with Crippen molar-refractivity contribution in [1.82, 2.24) is 36.8 Å². The number of carbonyl (C=O) groups is 9. The Morgan fingerprint density at radius 3 is 1.68 bits per heavy atom. The maximum Gasteiger partial charge on any atom is 0.326 e. The quantitative estimate of drug-likeness (QED) is 0.0358. The fourth-order valence-electron chi connectivity index (χ4n) is 6.27. The topological polar surface area (TPSA) is 348 Å². The third-order valence-electron chi connectivity index (χ3n) is 10.0. The number of carboxylic acid groups (broad SMARTS) is 2. The van der Waals surface area contributed by atoms with Crippen LogP contribution in [0.3, 0.4) is 0 Å². The van der Waals surface area contributed by atoms with Gasteiger partial charge in [0, 0.05) is 13.0 Å². The number of rotatable bonds is 29. The van der Waals surface area contributed by atoms with E-state index in [1.54, 1.807) is 20.1 Å². The van der Waals surface area contributed by atoms with Gasteiger partial charge in [-0.3, -0.25) is 38.4 Å². The zero-order chi connectivity index (χ0) is 45.5. The van der Waals surface area contributed by atoms with Crippen molar-refractivity contribution in [3.63, 3.8) is 0 Å². The Morgan fingerprint density at radius 2 is 1.15 bits per heavy atom. The van der Waals surface area contributed by atoms with Crippen molar-refractivity contribution < 1.29 is 53.4 Å². The number of hydrogen-bond donors (Lipinski definition) is 11. The summed E-state index contributed by atoms with van der Waals surface area (Å²) in [6.07, 6.45) is 4.22. The van der Waals surface area contributed by atoms with Crippen molar-refractivity contribution in [2.75, 3.05) is 31.6 Å². The fourth-order valence-corrected chi connectivity index (χ4v) is 6.74. The number of nitrogens with two attached hydrogens (primary N) is 3. The van der Waals surface area contributed by atoms with Gasteiger partial charge in [0.2, 0.25) is 41.4 Å². The van der Waals surface area contributed by atoms with Gasteiger partial charge >= 0.3 is 11.9 Å². The molecular formula is C38H68N10O11S. The van der Waals surface area contributed by atoms with Crippen molar-refractivity contribution in [2.24, 2.45) is 23.1 Å². The highest BCUT2D eigenvalue weighted by Crippen LogP contribution is 2.19. The molecule has 0 bridgehead atoms. The van der Waals surface area contributed by atoms with Crippen LogP contribution in [0.1, 0.15) is 98.3 Å². The van der Waals surface area contributed by atoms with E-state index in [-0.39, 0.29) is 38.1 Å². The predicted molar refractivity (Wildman–Crippen MR) is 224 cm³/mol. The van der Waals surface area contributed by atoms with Crippen LogP contribution < -0.4 is 49.1 Å². The summed E-state index contributed by atoms with van der Waals surface area (Å²) in [5.41, 5.74) is 17.1. The summed E-state index contributed by atoms with van der Waals surface area (Å²) in [7, 11) is 0. The van der Waals surface area contributed by atoms with Crippen LogP contribution in [-0.4, -0.2) is 148 Å². The molecule has 7 amide bonds. The minimum atomic E-state index is -1.43. The van der Waals surface area contributed by atoms with E-state index in [1.165, 1.54) is 30.5 Å². The van der Waals surface area contributed by atoms with E-state index in [4.69, 9.17) is 17.2 Å².